The minimum absolute atomic E-state index is 0.156. The molecule has 0 fully saturated rings. The molecular formula is C14H12F8N2O9S+2. The molecule has 0 spiro atoms. The molecule has 11 nitrogen and oxygen atoms in total. The minimum atomic E-state index is -10.3. The number of carbonyl (C=O) groups is 1. The van der Waals surface area contributed by atoms with Crippen molar-refractivity contribution in [2.24, 2.45) is 0 Å². The number of benzene rings is 1. The van der Waals surface area contributed by atoms with Gasteiger partial charge in [0.25, 0.3) is 0 Å². The molecule has 20 heteroatoms. The van der Waals surface area contributed by atoms with Gasteiger partial charge < -0.3 is 9.47 Å². The summed E-state index contributed by atoms with van der Waals surface area (Å²) >= 11 is 0. The van der Waals surface area contributed by atoms with Gasteiger partial charge in [0.2, 0.25) is 19.3 Å². The number of rotatable bonds is 9. The predicted octanol–water partition coefficient (Wildman–Crippen LogP) is 4.16. The first kappa shape index (κ1) is 26.7. The van der Waals surface area contributed by atoms with Crippen LogP contribution in [0.3, 0.4) is 0 Å². The Morgan fingerprint density at radius 2 is 1.59 bits per heavy atom. The van der Waals surface area contributed by atoms with Crippen LogP contribution in [0.2, 0.25) is 0 Å². The van der Waals surface area contributed by atoms with Gasteiger partial charge in [-0.2, -0.15) is 22.8 Å². The van der Waals surface area contributed by atoms with Crippen LogP contribution in [0.4, 0.5) is 32.6 Å². The van der Waals surface area contributed by atoms with Gasteiger partial charge in [-0.1, -0.05) is 19.4 Å². The van der Waals surface area contributed by atoms with Gasteiger partial charge in [-0.15, -0.1) is 0 Å². The molecule has 192 valence electrons. The first-order chi connectivity index (χ1) is 15.2. The molecule has 34 heavy (non-hydrogen) atoms. The highest BCUT2D eigenvalue weighted by Gasteiger charge is 2.65. The molecule has 1 aromatic carbocycles. The summed E-state index contributed by atoms with van der Waals surface area (Å²) in [5, 5.41) is 14.4. The highest BCUT2D eigenvalue weighted by atomic mass is 32.5. The summed E-state index contributed by atoms with van der Waals surface area (Å²) in [6.45, 7) is -2.31. The molecule has 2 N–H and O–H groups in total. The summed E-state index contributed by atoms with van der Waals surface area (Å²) in [5.41, 5.74) is -2.50. The number of alkyl halides is 3. The Hall–Kier alpha value is -3.58. The maximum absolute atomic E-state index is 13.4. The average molecular weight is 536 g/mol. The molecule has 1 atom stereocenters. The first-order valence-electron chi connectivity index (χ1n) is 8.29. The fourth-order valence-electron chi connectivity index (χ4n) is 2.46. The monoisotopic (exact) mass is 536 g/mol. The van der Waals surface area contributed by atoms with Crippen LogP contribution in [0.15, 0.2) is 28.7 Å². The van der Waals surface area contributed by atoms with Crippen molar-refractivity contribution >= 4 is 22.3 Å². The van der Waals surface area contributed by atoms with Crippen LogP contribution in [-0.4, -0.2) is 58.2 Å². The molecule has 0 saturated heterocycles. The lowest BCUT2D eigenvalue weighted by Crippen LogP contribution is -2.42. The van der Waals surface area contributed by atoms with Gasteiger partial charge in [-0.25, -0.2) is 15.2 Å². The Bertz CT molecular complexity index is 1030. The second-order valence-corrected chi connectivity index (χ2v) is 8.81. The van der Waals surface area contributed by atoms with E-state index in [1.165, 1.54) is 0 Å². The zero-order chi connectivity index (χ0) is 26.2. The third kappa shape index (κ3) is 6.96. The van der Waals surface area contributed by atoms with E-state index in [-0.39, 0.29) is 24.3 Å². The SMILES string of the molecule is O=C(OC(CO[N+](=O)O)CO[N+](=O)O)C1=Cc2cc(S(F)(F)(F)(F)F)ccc2O[C@@H]1C(F)(F)F. The standard InChI is InChI=1S/C14H12F8N2O9S/c15-14(16,17)12-10(13(25)32-8(5-30-23(26)27)6-31-24(28)29)4-7-3-9(1-2-11(7)33-12)34(18,19,20,21)22/h1-4,8,12H,5-6H2,(H,26,27)(H,28,29)/q+2/t12-/m0/s1. The molecule has 1 aromatic rings. The summed E-state index contributed by atoms with van der Waals surface area (Å²) in [6, 6.07) is -0.218. The summed E-state index contributed by atoms with van der Waals surface area (Å²) in [6.07, 6.45) is -10.3. The Labute approximate surface area is 181 Å². The van der Waals surface area contributed by atoms with Gasteiger partial charge >= 0.3 is 32.5 Å². The van der Waals surface area contributed by atoms with Crippen LogP contribution in [-0.2, 0) is 19.2 Å². The van der Waals surface area contributed by atoms with E-state index >= 15 is 0 Å². The van der Waals surface area contributed by atoms with E-state index in [0.717, 1.165) is 0 Å². The predicted molar refractivity (Wildman–Crippen MR) is 88.9 cm³/mol. The van der Waals surface area contributed by atoms with Crippen LogP contribution in [0.5, 0.6) is 5.75 Å². The number of carbonyl (C=O) groups excluding carboxylic acids is 1. The van der Waals surface area contributed by atoms with Gasteiger partial charge in [0.15, 0.2) is 6.10 Å². The maximum atomic E-state index is 13.4. The molecule has 2 rings (SSSR count). The van der Waals surface area contributed by atoms with E-state index < -0.39 is 79.7 Å². The number of hydrogen-bond donors (Lipinski definition) is 2. The molecule has 1 heterocycles. The van der Waals surface area contributed by atoms with Crippen molar-refractivity contribution in [1.82, 2.24) is 0 Å². The molecule has 0 radical (unpaired) electrons. The van der Waals surface area contributed by atoms with Gasteiger partial charge in [0.05, 0.1) is 5.57 Å². The highest BCUT2D eigenvalue weighted by molar-refractivity contribution is 8.45. The number of ether oxygens (including phenoxy) is 2. The van der Waals surface area contributed by atoms with Gasteiger partial charge in [-0.3, -0.25) is 0 Å². The van der Waals surface area contributed by atoms with Crippen molar-refractivity contribution in [1.29, 1.82) is 0 Å². The third-order valence-electron chi connectivity index (χ3n) is 3.81. The number of esters is 1. The van der Waals surface area contributed by atoms with Crippen LogP contribution < -0.4 is 4.74 Å². The smallest absolute Gasteiger partial charge is 0.475 e. The van der Waals surface area contributed by atoms with Crippen LogP contribution in [0.1, 0.15) is 5.56 Å². The van der Waals surface area contributed by atoms with E-state index in [9.17, 15) is 47.2 Å². The van der Waals surface area contributed by atoms with Crippen LogP contribution >= 0.6 is 10.2 Å². The molecular weight excluding hydrogens is 524 g/mol. The fraction of sp³-hybridized carbons (Fsp3) is 0.357. The third-order valence-corrected chi connectivity index (χ3v) is 4.96. The van der Waals surface area contributed by atoms with Gasteiger partial charge in [0.1, 0.15) is 20.5 Å². The number of fused-ring (bicyclic) bond motifs is 1. The van der Waals surface area contributed by atoms with Gasteiger partial charge in [0, 0.05) is 5.56 Å². The summed E-state index contributed by atoms with van der Waals surface area (Å²) < 4.78 is 114. The second-order valence-electron chi connectivity index (χ2n) is 6.40. The molecule has 0 bridgehead atoms. The summed E-state index contributed by atoms with van der Waals surface area (Å²) in [7, 11) is -10.3. The first-order valence-corrected chi connectivity index (χ1v) is 10.2. The van der Waals surface area contributed by atoms with E-state index in [1.54, 1.807) is 0 Å². The summed E-state index contributed by atoms with van der Waals surface area (Å²) in [5.74, 6) is -2.90. The van der Waals surface area contributed by atoms with E-state index in [1.807, 2.05) is 0 Å². The second kappa shape index (κ2) is 8.02. The van der Waals surface area contributed by atoms with E-state index in [4.69, 9.17) is 10.4 Å². The Kier molecular flexibility index (Phi) is 6.29. The fourth-order valence-corrected chi connectivity index (χ4v) is 3.13. The lowest BCUT2D eigenvalue weighted by molar-refractivity contribution is -0.981. The Morgan fingerprint density at radius 3 is 2.03 bits per heavy atom. The maximum Gasteiger partial charge on any atom is 0.475 e. The minimum Gasteiger partial charge on any atom is -0.475 e. The number of hydrogen-bond acceptors (Lipinski definition) is 7. The normalized spacial score (nSPS) is 17.9. The molecule has 0 unspecified atom stereocenters. The van der Waals surface area contributed by atoms with Crippen LogP contribution in [0.25, 0.3) is 6.08 Å². The quantitative estimate of drug-likeness (QED) is 0.271. The highest BCUT2D eigenvalue weighted by Crippen LogP contribution is 3.02. The van der Waals surface area contributed by atoms with Crippen molar-refractivity contribution in [3.8, 4) is 5.75 Å². The van der Waals surface area contributed by atoms with Crippen molar-refractivity contribution in [3.05, 3.63) is 39.1 Å². The van der Waals surface area contributed by atoms with E-state index in [2.05, 4.69) is 19.1 Å². The lowest BCUT2D eigenvalue weighted by atomic mass is 10.0. The van der Waals surface area contributed by atoms with Crippen molar-refractivity contribution in [2.75, 3.05) is 13.2 Å². The zero-order valence-corrected chi connectivity index (χ0v) is 16.8. The Balaban J connectivity index is 2.46. The number of nitrogens with zero attached hydrogens (tertiary/aromatic N) is 2. The lowest BCUT2D eigenvalue weighted by Gasteiger charge is -2.41. The van der Waals surface area contributed by atoms with Crippen LogP contribution in [0, 0.1) is 9.81 Å². The number of halogens is 8. The molecule has 1 aliphatic heterocycles. The molecule has 0 aromatic heterocycles. The molecule has 0 aliphatic carbocycles. The average Bonchev–Trinajstić information content (AvgIpc) is 2.65. The largest absolute Gasteiger partial charge is 0.475 e. The molecule has 0 saturated carbocycles. The van der Waals surface area contributed by atoms with Gasteiger partial charge in [-0.05, 0) is 24.3 Å². The Morgan fingerprint density at radius 1 is 1.06 bits per heavy atom. The molecule has 0 amide bonds. The van der Waals surface area contributed by atoms with E-state index in [0.29, 0.717) is 0 Å². The topological polar surface area (TPSA) is 135 Å². The van der Waals surface area contributed by atoms with Crippen molar-refractivity contribution in [3.63, 3.8) is 0 Å². The zero-order valence-electron chi connectivity index (χ0n) is 16.0. The molecule has 1 aliphatic rings. The van der Waals surface area contributed by atoms with Crippen molar-refractivity contribution in [2.45, 2.75) is 23.3 Å². The summed E-state index contributed by atoms with van der Waals surface area (Å²) in [4.78, 5) is 38.5. The van der Waals surface area contributed by atoms with Crippen molar-refractivity contribution < 1.29 is 77.1 Å².